The van der Waals surface area contributed by atoms with Gasteiger partial charge in [-0.3, -0.25) is 0 Å². The van der Waals surface area contributed by atoms with Gasteiger partial charge in [0, 0.05) is 0 Å². The highest BCUT2D eigenvalue weighted by molar-refractivity contribution is 7.67. The van der Waals surface area contributed by atoms with Crippen molar-refractivity contribution < 1.29 is 0 Å². The maximum absolute atomic E-state index is 4.42. The molecule has 0 fully saturated rings. The first-order chi connectivity index (χ1) is 4.93. The van der Waals surface area contributed by atoms with Gasteiger partial charge in [0.05, 0.1) is 5.69 Å². The Kier molecular flexibility index (Phi) is 3.48. The molecule has 1 unspecified atom stereocenters. The molecular formula is C7H10NPSi. The van der Waals surface area contributed by atoms with Gasteiger partial charge in [-0.2, -0.15) is 0 Å². The Balaban J connectivity index is 2.67. The Morgan fingerprint density at radius 2 is 2.00 bits per heavy atom. The lowest BCUT2D eigenvalue weighted by Gasteiger charge is -1.88. The molecule has 0 N–H and O–H groups in total. The van der Waals surface area contributed by atoms with Crippen LogP contribution in [0.2, 0.25) is 0 Å². The molecule has 0 saturated heterocycles. The third-order valence-electron chi connectivity index (χ3n) is 1.10. The van der Waals surface area contributed by atoms with E-state index in [1.807, 2.05) is 30.3 Å². The molecule has 1 atom stereocenters. The van der Waals surface area contributed by atoms with Gasteiger partial charge in [0.25, 0.3) is 0 Å². The van der Waals surface area contributed by atoms with Gasteiger partial charge in [-0.25, -0.2) is 0 Å². The molecular weight excluding hydrogens is 157 g/mol. The van der Waals surface area contributed by atoms with Gasteiger partial charge < -0.3 is 4.63 Å². The van der Waals surface area contributed by atoms with Crippen molar-refractivity contribution >= 4 is 22.8 Å². The van der Waals surface area contributed by atoms with Crippen LogP contribution in [-0.2, 0) is 0 Å². The predicted octanol–water partition coefficient (Wildman–Crippen LogP) is 2.16. The van der Waals surface area contributed by atoms with Crippen LogP contribution in [0.25, 0.3) is 0 Å². The van der Waals surface area contributed by atoms with Gasteiger partial charge in [-0.05, 0) is 18.8 Å². The Morgan fingerprint density at radius 3 is 2.60 bits per heavy atom. The van der Waals surface area contributed by atoms with E-state index in [0.717, 1.165) is 13.8 Å². The number of para-hydroxylation sites is 1. The minimum Gasteiger partial charge on any atom is -0.301 e. The number of hydrogen-bond donors (Lipinski definition) is 0. The van der Waals surface area contributed by atoms with E-state index in [2.05, 4.69) is 11.3 Å². The minimum atomic E-state index is 0.311. The van der Waals surface area contributed by atoms with Crippen LogP contribution in [0.3, 0.4) is 0 Å². The largest absolute Gasteiger partial charge is 0.301 e. The van der Waals surface area contributed by atoms with Crippen molar-refractivity contribution in [3.63, 3.8) is 0 Å². The molecule has 0 aliphatic rings. The molecule has 0 aliphatic heterocycles. The molecule has 1 aromatic carbocycles. The summed E-state index contributed by atoms with van der Waals surface area (Å²) >= 11 is 0. The van der Waals surface area contributed by atoms with Crippen molar-refractivity contribution in [3.8, 4) is 0 Å². The number of benzene rings is 1. The molecule has 1 rings (SSSR count). The summed E-state index contributed by atoms with van der Waals surface area (Å²) in [5.41, 5.74) is 1.13. The Morgan fingerprint density at radius 1 is 1.30 bits per heavy atom. The van der Waals surface area contributed by atoms with E-state index in [9.17, 15) is 0 Å². The zero-order valence-electron chi connectivity index (χ0n) is 5.91. The number of rotatable bonds is 2. The van der Waals surface area contributed by atoms with Crippen molar-refractivity contribution in [2.45, 2.75) is 0 Å². The van der Waals surface area contributed by atoms with Gasteiger partial charge in [0.15, 0.2) is 0 Å². The number of hydrogen-bond acceptors (Lipinski definition) is 1. The maximum atomic E-state index is 4.42. The summed E-state index contributed by atoms with van der Waals surface area (Å²) in [4.78, 5) is 0. The Labute approximate surface area is 65.0 Å². The van der Waals surface area contributed by atoms with Crippen LogP contribution in [0.1, 0.15) is 0 Å². The first kappa shape index (κ1) is 7.77. The van der Waals surface area contributed by atoms with Gasteiger partial charge in [0.1, 0.15) is 8.98 Å². The predicted molar refractivity (Wildman–Crippen MR) is 49.9 cm³/mol. The standard InChI is InChI=1S/C7H10NPSi/c1-9-10-8-7-5-3-2-4-6-7/h2-6,9-10H,1H3. The Bertz CT molecular complexity index is 210. The van der Waals surface area contributed by atoms with Crippen molar-refractivity contribution in [2.75, 3.05) is 6.66 Å². The molecule has 0 bridgehead atoms. The molecule has 0 amide bonds. The van der Waals surface area contributed by atoms with Crippen molar-refractivity contribution in [1.82, 2.24) is 0 Å². The van der Waals surface area contributed by atoms with Crippen LogP contribution < -0.4 is 0 Å². The average molecular weight is 167 g/mol. The van der Waals surface area contributed by atoms with E-state index < -0.39 is 0 Å². The lowest BCUT2D eigenvalue weighted by Crippen LogP contribution is -1.63. The second-order valence-corrected chi connectivity index (χ2v) is 5.48. The van der Waals surface area contributed by atoms with Crippen molar-refractivity contribution in [1.29, 1.82) is 0 Å². The molecule has 3 heteroatoms. The third-order valence-corrected chi connectivity index (χ3v) is 2.95. The maximum Gasteiger partial charge on any atom is 0.138 e. The fourth-order valence-corrected chi connectivity index (χ4v) is 1.94. The second-order valence-electron chi connectivity index (χ2n) is 1.88. The summed E-state index contributed by atoms with van der Waals surface area (Å²) < 4.78 is 4.42. The first-order valence-electron chi connectivity index (χ1n) is 3.18. The van der Waals surface area contributed by atoms with Crippen LogP contribution >= 0.6 is 8.13 Å². The topological polar surface area (TPSA) is 12.4 Å². The molecule has 10 heavy (non-hydrogen) atoms. The summed E-state index contributed by atoms with van der Waals surface area (Å²) in [7, 11) is 1.31. The smallest absolute Gasteiger partial charge is 0.138 e. The van der Waals surface area contributed by atoms with Crippen LogP contribution in [0.4, 0.5) is 5.69 Å². The van der Waals surface area contributed by atoms with E-state index in [-0.39, 0.29) is 0 Å². The summed E-state index contributed by atoms with van der Waals surface area (Å²) in [6, 6.07) is 10.2. The minimum absolute atomic E-state index is 0.311. The van der Waals surface area contributed by atoms with Crippen molar-refractivity contribution in [2.24, 2.45) is 4.63 Å². The van der Waals surface area contributed by atoms with Crippen molar-refractivity contribution in [3.05, 3.63) is 30.3 Å². The third kappa shape index (κ3) is 2.50. The average Bonchev–Trinajstić information content (AvgIpc) is 2.03. The summed E-state index contributed by atoms with van der Waals surface area (Å²) in [5, 5.41) is 0. The quantitative estimate of drug-likeness (QED) is 0.473. The van der Waals surface area contributed by atoms with Crippen LogP contribution in [-0.4, -0.2) is 15.6 Å². The molecule has 0 aliphatic carbocycles. The van der Waals surface area contributed by atoms with E-state index in [1.54, 1.807) is 0 Å². The highest BCUT2D eigenvalue weighted by Gasteiger charge is 1.79. The second kappa shape index (κ2) is 4.48. The molecule has 0 spiro atoms. The van der Waals surface area contributed by atoms with E-state index >= 15 is 0 Å². The monoisotopic (exact) mass is 167 g/mol. The van der Waals surface area contributed by atoms with Crippen LogP contribution in [0, 0.1) is 0 Å². The molecule has 0 aromatic heterocycles. The number of nitrogens with zero attached hydrogens (tertiary/aromatic N) is 1. The lowest BCUT2D eigenvalue weighted by molar-refractivity contribution is 1.56. The molecule has 0 saturated carbocycles. The zero-order chi connectivity index (χ0) is 7.23. The van der Waals surface area contributed by atoms with Gasteiger partial charge in [-0.1, -0.05) is 18.2 Å². The molecule has 52 valence electrons. The Hall–Kier alpha value is -0.333. The highest BCUT2D eigenvalue weighted by Crippen LogP contribution is 2.09. The van der Waals surface area contributed by atoms with Gasteiger partial charge in [0.2, 0.25) is 0 Å². The fourth-order valence-electron chi connectivity index (χ4n) is 0.653. The fraction of sp³-hybridized carbons (Fsp3) is 0.143. The van der Waals surface area contributed by atoms with E-state index in [1.165, 1.54) is 0 Å². The van der Waals surface area contributed by atoms with Crippen LogP contribution in [0.5, 0.6) is 0 Å². The lowest BCUT2D eigenvalue weighted by atomic mass is 10.3. The molecule has 1 nitrogen and oxygen atoms in total. The van der Waals surface area contributed by atoms with E-state index in [4.69, 9.17) is 0 Å². The van der Waals surface area contributed by atoms with Gasteiger partial charge >= 0.3 is 0 Å². The summed E-state index contributed by atoms with van der Waals surface area (Å²) in [6.07, 6.45) is 0. The molecule has 0 radical (unpaired) electrons. The molecule has 0 heterocycles. The normalized spacial score (nSPS) is 11.7. The van der Waals surface area contributed by atoms with E-state index in [0.29, 0.717) is 8.98 Å². The summed E-state index contributed by atoms with van der Waals surface area (Å²) in [5.74, 6) is 0. The van der Waals surface area contributed by atoms with Gasteiger partial charge in [-0.15, -0.1) is 8.13 Å². The molecule has 1 aromatic rings. The van der Waals surface area contributed by atoms with Crippen LogP contribution in [0.15, 0.2) is 35.0 Å². The SMILES string of the molecule is CP[SiH]=Nc1ccccc1. The summed E-state index contributed by atoms with van der Waals surface area (Å²) in [6.45, 7) is 2.20. The highest BCUT2D eigenvalue weighted by atomic mass is 31.3. The zero-order valence-corrected chi connectivity index (χ0v) is 8.07. The first-order valence-corrected chi connectivity index (χ1v) is 7.01.